The molecule has 0 bridgehead atoms. The van der Waals surface area contributed by atoms with E-state index in [1.54, 1.807) is 70.9 Å². The van der Waals surface area contributed by atoms with Crippen molar-refractivity contribution in [2.45, 2.75) is 133 Å². The number of hydrogen-bond donors (Lipinski definition) is 21. The number of carbonyl (C=O) groups excluding carboxylic acids is 2. The standard InChI is InChI=1S/C12H24O6.C9H21NO3S.C8H19NO5S.C8H15NO2.C6H14O4.C3H7NO2.C3H9NO.6C3H8O2.C2H6O2.ClH/c13-3-6-16-10-1-2-11(17-7-4-14)12(9-10)18-8-5-15;1-4-10(5-2,6-3)7-9(8-11)14(12)13;1-9(2,3)6-8(15(11,12)13)7-14-5-4-10;1-6(10)9-7-2-4-8(11)5-3-7;1-9-2-3-10-5-6(8)4-7;4-3(6)1-2-5;4-2-1-3-5;6*1-5-3-2-4;3-1-2-4;/h10-15H,1-9H2;9,11H,4-8H2,1-3H3;8,10H,4-7H2,1-3H3;7-8,11H,2-5H2,1H3,(H,9,10);6-8H,2-5H2,1H3;5H,1-2H2,(H2,4,6);5H,1-4H2;6*4H,2-3H2,1H3;3-4H,1-2H2;1H. The fourth-order valence-electron chi connectivity index (χ4n) is 7.69. The zero-order valence-electron chi connectivity index (χ0n) is 71.1. The van der Waals surface area contributed by atoms with Crippen molar-refractivity contribution in [2.75, 3.05) is 308 Å². The molecular weight excluding hydrogens is 1590 g/mol. The van der Waals surface area contributed by atoms with Crippen molar-refractivity contribution in [3.63, 3.8) is 0 Å². The number of halogens is 1. The third-order valence-electron chi connectivity index (χ3n) is 13.4. The fourth-order valence-corrected chi connectivity index (χ4v) is 9.14. The minimum atomic E-state index is -4.35. The number of carbonyl (C=O) groups is 2. The summed E-state index contributed by atoms with van der Waals surface area (Å²) >= 11 is -2.17. The van der Waals surface area contributed by atoms with Gasteiger partial charge in [-0.05, 0) is 70.4 Å². The number of nitrogens with two attached hydrogens (primary N) is 1. The number of ether oxygens (including phenoxy) is 12. The number of primary amides is 1. The van der Waals surface area contributed by atoms with Gasteiger partial charge in [-0.1, -0.05) is 0 Å². The lowest BCUT2D eigenvalue weighted by Crippen LogP contribution is -3.00. The van der Waals surface area contributed by atoms with Crippen molar-refractivity contribution in [1.29, 1.82) is 0 Å². The Kier molecular flexibility index (Phi) is 145. The Balaban J connectivity index is -0.0000000902. The highest BCUT2D eigenvalue weighted by atomic mass is 35.5. The molecule has 0 aliphatic heterocycles. The van der Waals surface area contributed by atoms with Crippen molar-refractivity contribution in [3.05, 3.63) is 0 Å². The zero-order valence-corrected chi connectivity index (χ0v) is 73.5. The number of hydrogen-bond acceptors (Lipinski definition) is 37. The van der Waals surface area contributed by atoms with Crippen LogP contribution in [0.4, 0.5) is 0 Å². The lowest BCUT2D eigenvalue weighted by Gasteiger charge is -2.38. The van der Waals surface area contributed by atoms with E-state index in [1.165, 1.54) is 6.92 Å². The molecule has 114 heavy (non-hydrogen) atoms. The van der Waals surface area contributed by atoms with Crippen LogP contribution in [0.2, 0.25) is 0 Å². The zero-order chi connectivity index (χ0) is 89.9. The van der Waals surface area contributed by atoms with Crippen LogP contribution in [-0.4, -0.2) is 490 Å². The highest BCUT2D eigenvalue weighted by Gasteiger charge is 2.33. The van der Waals surface area contributed by atoms with Crippen LogP contribution in [0.5, 0.6) is 0 Å². The van der Waals surface area contributed by atoms with Gasteiger partial charge in [-0.3, -0.25) is 13.8 Å². The Morgan fingerprint density at radius 2 is 0.895 bits per heavy atom. The smallest absolute Gasteiger partial charge is 0.219 e. The van der Waals surface area contributed by atoms with E-state index in [0.717, 1.165) is 75.6 Å². The summed E-state index contributed by atoms with van der Waals surface area (Å²) in [6, 6.07) is 0.302. The number of aliphatic hydroxyl groups excluding tert-OH is 18. The molecule has 0 aromatic heterocycles. The maximum Gasteiger partial charge on any atom is 0.219 e. The molecule has 7 unspecified atom stereocenters. The van der Waals surface area contributed by atoms with Crippen molar-refractivity contribution in [3.8, 4) is 0 Å². The van der Waals surface area contributed by atoms with Crippen LogP contribution in [-0.2, 0) is 87.6 Å². The van der Waals surface area contributed by atoms with Gasteiger partial charge in [0.15, 0.2) is 0 Å². The number of amides is 2. The minimum Gasteiger partial charge on any atom is -1.00 e. The monoisotopic (exact) mass is 1750 g/mol. The number of nitrogens with one attached hydrogen (secondary N) is 1. The van der Waals surface area contributed by atoms with Crippen molar-refractivity contribution < 1.29 is 207 Å². The van der Waals surface area contributed by atoms with Crippen LogP contribution in [0.25, 0.3) is 0 Å². The first-order valence-electron chi connectivity index (χ1n) is 37.2. The first-order valence-corrected chi connectivity index (χ1v) is 39.8. The van der Waals surface area contributed by atoms with Gasteiger partial charge in [-0.2, -0.15) is 0 Å². The van der Waals surface area contributed by atoms with Gasteiger partial charge in [0, 0.05) is 88.6 Å². The van der Waals surface area contributed by atoms with Crippen LogP contribution in [0.1, 0.15) is 85.5 Å². The van der Waals surface area contributed by atoms with E-state index >= 15 is 0 Å². The first kappa shape index (κ1) is 141. The lowest BCUT2D eigenvalue weighted by molar-refractivity contribution is -0.922. The number of aliphatic hydroxyl groups is 18. The Morgan fingerprint density at radius 3 is 1.15 bits per heavy atom. The highest BCUT2D eigenvalue weighted by Crippen LogP contribution is 2.26. The number of rotatable bonds is 47. The van der Waals surface area contributed by atoms with Gasteiger partial charge in [0.1, 0.15) is 21.5 Å². The predicted molar refractivity (Wildman–Crippen MR) is 421 cm³/mol. The van der Waals surface area contributed by atoms with Crippen LogP contribution >= 0.6 is 0 Å². The molecule has 0 heterocycles. The molecule has 42 nitrogen and oxygen atoms in total. The Bertz CT molecular complexity index is 1780. The van der Waals surface area contributed by atoms with Crippen LogP contribution in [0, 0.1) is 0 Å². The topological polar surface area (TPSA) is 672 Å². The molecule has 2 amide bonds. The Morgan fingerprint density at radius 1 is 0.518 bits per heavy atom. The highest BCUT2D eigenvalue weighted by molar-refractivity contribution is 7.86. The molecule has 7 atom stereocenters. The number of nitrogens with zero attached hydrogens (tertiary/aromatic N) is 2. The molecule has 0 radical (unpaired) electrons. The van der Waals surface area contributed by atoms with Gasteiger partial charge in [0.05, 0.1) is 282 Å². The molecule has 45 heteroatoms. The SMILES string of the molecule is CC(=O)NC1CCC(O)CC1.CC[N+](CC)(CC)CC(CO)S(=O)[O-].COCCO.COCCO.COCCO.COCCO.COCCO.COCCO.COCCOCC(O)CO.C[N+](C)(C)CC(COCCO)S(=O)(=O)[O-].NC(=O)CCO.OCCO.OCCOC1CCC(OCCO)C(OCCO)C1.[Cl-].[NH3+]CCCO. The molecule has 0 spiro atoms. The van der Waals surface area contributed by atoms with E-state index in [1.807, 2.05) is 0 Å². The van der Waals surface area contributed by atoms with Gasteiger partial charge >= 0.3 is 0 Å². The summed E-state index contributed by atoms with van der Waals surface area (Å²) in [6.07, 6.45) is 5.71. The first-order chi connectivity index (χ1) is 53.6. The van der Waals surface area contributed by atoms with Crippen molar-refractivity contribution in [2.24, 2.45) is 5.73 Å². The van der Waals surface area contributed by atoms with Crippen LogP contribution < -0.4 is 29.2 Å². The van der Waals surface area contributed by atoms with E-state index < -0.39 is 43.7 Å². The van der Waals surface area contributed by atoms with E-state index in [0.29, 0.717) is 89.6 Å². The molecule has 2 fully saturated rings. The molecule has 2 aliphatic carbocycles. The summed E-state index contributed by atoms with van der Waals surface area (Å²) < 4.78 is 113. The normalized spacial score (nSPS) is 16.0. The predicted octanol–water partition coefficient (Wildman–Crippen LogP) is -11.4. The maximum atomic E-state index is 10.9. The fraction of sp³-hybridized carbons (Fsp3) is 0.971. The summed E-state index contributed by atoms with van der Waals surface area (Å²) in [5.41, 5.74) is 8.12. The summed E-state index contributed by atoms with van der Waals surface area (Å²) in [5, 5.41) is 150. The maximum absolute atomic E-state index is 10.9. The summed E-state index contributed by atoms with van der Waals surface area (Å²) in [5.74, 6) is -0.427. The Hall–Kier alpha value is -2.07. The minimum absolute atomic E-state index is 0. The molecule has 24 N–H and O–H groups in total. The van der Waals surface area contributed by atoms with E-state index in [9.17, 15) is 31.3 Å². The molecule has 0 aromatic carbocycles. The van der Waals surface area contributed by atoms with Gasteiger partial charge in [-0.15, -0.1) is 0 Å². The number of methoxy groups -OCH3 is 7. The van der Waals surface area contributed by atoms with E-state index in [-0.39, 0.29) is 188 Å². The third kappa shape index (κ3) is 133. The molecule has 706 valence electrons. The molecular formula is C69H164ClN5O37S2. The van der Waals surface area contributed by atoms with Crippen LogP contribution in [0.3, 0.4) is 0 Å². The molecule has 0 saturated heterocycles. The van der Waals surface area contributed by atoms with Crippen LogP contribution in [0.15, 0.2) is 0 Å². The lowest BCUT2D eigenvalue weighted by atomic mass is 9.92. The molecule has 2 saturated carbocycles. The average molecular weight is 1760 g/mol. The second-order valence-electron chi connectivity index (χ2n) is 23.9. The summed E-state index contributed by atoms with van der Waals surface area (Å²) in [7, 11) is 11.9. The quantitative estimate of drug-likeness (QED) is 0.0116. The molecule has 2 rings (SSSR count). The van der Waals surface area contributed by atoms with Crippen molar-refractivity contribution in [1.82, 2.24) is 5.32 Å². The number of quaternary nitrogens is 3. The van der Waals surface area contributed by atoms with Gasteiger partial charge in [0.2, 0.25) is 11.8 Å². The van der Waals surface area contributed by atoms with Gasteiger partial charge in [-0.25, -0.2) is 8.42 Å². The molecule has 2 aliphatic rings. The second kappa shape index (κ2) is 117. The average Bonchev–Trinajstić information content (AvgIpc) is 0.879. The van der Waals surface area contributed by atoms with Gasteiger partial charge in [0.25, 0.3) is 0 Å². The van der Waals surface area contributed by atoms with Gasteiger partial charge < -0.3 is 196 Å². The van der Waals surface area contributed by atoms with E-state index in [4.69, 9.17) is 116 Å². The largest absolute Gasteiger partial charge is 1.00 e. The third-order valence-corrected chi connectivity index (χ3v) is 15.4. The summed E-state index contributed by atoms with van der Waals surface area (Å²) in [4.78, 5) is 20.3. The van der Waals surface area contributed by atoms with E-state index in [2.05, 4.69) is 70.7 Å². The van der Waals surface area contributed by atoms with Crippen molar-refractivity contribution >= 4 is 33.0 Å². The second-order valence-corrected chi connectivity index (χ2v) is 26.8. The Labute approximate surface area is 689 Å². The molecule has 0 aromatic rings. The summed E-state index contributed by atoms with van der Waals surface area (Å²) in [6.45, 7) is 16.4.